The second kappa shape index (κ2) is 5.04. The molecule has 4 atom stereocenters. The van der Waals surface area contributed by atoms with E-state index in [-0.39, 0.29) is 17.9 Å². The van der Waals surface area contributed by atoms with Crippen LogP contribution in [0.15, 0.2) is 0 Å². The number of nitrogens with one attached hydrogen (secondary N) is 1. The zero-order valence-electron chi connectivity index (χ0n) is 12.0. The molecule has 1 amide bonds. The molecule has 5 heteroatoms. The molecule has 0 aromatic rings. The van der Waals surface area contributed by atoms with Gasteiger partial charge in [-0.3, -0.25) is 10.1 Å². The van der Waals surface area contributed by atoms with Gasteiger partial charge in [0, 0.05) is 12.1 Å². The Hall–Kier alpha value is -0.650. The average Bonchev–Trinajstić information content (AvgIpc) is 2.86. The number of piperidine rings is 1. The number of hydrogen-bond acceptors (Lipinski definition) is 4. The van der Waals surface area contributed by atoms with Crippen molar-refractivity contribution in [3.8, 4) is 0 Å². The van der Waals surface area contributed by atoms with Crippen LogP contribution in [0.25, 0.3) is 0 Å². The van der Waals surface area contributed by atoms with Crippen LogP contribution in [0.4, 0.5) is 0 Å². The molecule has 0 radical (unpaired) electrons. The van der Waals surface area contributed by atoms with Crippen LogP contribution in [0.1, 0.15) is 40.0 Å². The fourth-order valence-electron chi connectivity index (χ4n) is 3.71. The van der Waals surface area contributed by atoms with Crippen molar-refractivity contribution in [1.29, 1.82) is 0 Å². The molecule has 19 heavy (non-hydrogen) atoms. The lowest BCUT2D eigenvalue weighted by Gasteiger charge is -2.39. The van der Waals surface area contributed by atoms with Gasteiger partial charge < -0.3 is 14.4 Å². The first-order valence-corrected chi connectivity index (χ1v) is 7.39. The van der Waals surface area contributed by atoms with Crippen LogP contribution >= 0.6 is 0 Å². The average molecular weight is 268 g/mol. The van der Waals surface area contributed by atoms with Crippen molar-refractivity contribution in [1.82, 2.24) is 10.2 Å². The number of hydrogen-bond donors (Lipinski definition) is 1. The zero-order chi connectivity index (χ0) is 13.6. The van der Waals surface area contributed by atoms with Crippen molar-refractivity contribution in [3.63, 3.8) is 0 Å². The Kier molecular flexibility index (Phi) is 3.53. The summed E-state index contributed by atoms with van der Waals surface area (Å²) in [6.45, 7) is 6.64. The summed E-state index contributed by atoms with van der Waals surface area (Å²) in [4.78, 5) is 14.9. The molecule has 0 aromatic heterocycles. The number of rotatable bonds is 4. The van der Waals surface area contributed by atoms with Gasteiger partial charge >= 0.3 is 0 Å². The first kappa shape index (κ1) is 13.3. The van der Waals surface area contributed by atoms with Gasteiger partial charge in [-0.15, -0.1) is 0 Å². The van der Waals surface area contributed by atoms with Crippen molar-refractivity contribution in [2.45, 2.75) is 64.6 Å². The van der Waals surface area contributed by atoms with Crippen molar-refractivity contribution in [2.75, 3.05) is 6.79 Å². The summed E-state index contributed by atoms with van der Waals surface area (Å²) in [5.74, 6) is 1.15. The molecule has 1 unspecified atom stereocenters. The number of amides is 1. The molecule has 108 valence electrons. The smallest absolute Gasteiger partial charge is 0.240 e. The summed E-state index contributed by atoms with van der Waals surface area (Å²) in [6, 6.07) is 0.628. The Labute approximate surface area is 114 Å². The normalized spacial score (nSPS) is 35.8. The highest BCUT2D eigenvalue weighted by molar-refractivity contribution is 5.83. The molecule has 2 heterocycles. The largest absolute Gasteiger partial charge is 0.335 e. The van der Waals surface area contributed by atoms with E-state index in [0.29, 0.717) is 24.8 Å². The van der Waals surface area contributed by atoms with Crippen LogP contribution in [0.5, 0.6) is 0 Å². The van der Waals surface area contributed by atoms with Crippen LogP contribution in [0.2, 0.25) is 0 Å². The maximum Gasteiger partial charge on any atom is 0.240 e. The summed E-state index contributed by atoms with van der Waals surface area (Å²) in [5, 5.41) is 3.17. The summed E-state index contributed by atoms with van der Waals surface area (Å²) >= 11 is 0. The van der Waals surface area contributed by atoms with E-state index in [4.69, 9.17) is 9.47 Å². The monoisotopic (exact) mass is 268 g/mol. The van der Waals surface area contributed by atoms with Gasteiger partial charge in [-0.1, -0.05) is 13.8 Å². The van der Waals surface area contributed by atoms with Gasteiger partial charge in [0.2, 0.25) is 12.3 Å². The molecule has 2 aliphatic heterocycles. The number of nitrogens with zero attached hydrogens (tertiary/aromatic N) is 1. The molecule has 5 nitrogen and oxygen atoms in total. The molecule has 2 saturated heterocycles. The Morgan fingerprint density at radius 1 is 1.32 bits per heavy atom. The predicted molar refractivity (Wildman–Crippen MR) is 70.0 cm³/mol. The predicted octanol–water partition coefficient (Wildman–Crippen LogP) is 1.29. The molecule has 3 aliphatic rings. The maximum atomic E-state index is 12.8. The standard InChI is InChI=1S/C14H24N2O3/c1-8(2)12(15-14-18-7-19-14)13(17)16-9(3)10-4-5-11(16)6-10/h8-12,14-15H,4-7H2,1-3H3/t9?,10-,11+,12+/m1/s1. The lowest BCUT2D eigenvalue weighted by atomic mass is 9.97. The highest BCUT2D eigenvalue weighted by Crippen LogP contribution is 2.42. The third kappa shape index (κ3) is 2.28. The Morgan fingerprint density at radius 2 is 2.05 bits per heavy atom. The Morgan fingerprint density at radius 3 is 2.53 bits per heavy atom. The fourth-order valence-corrected chi connectivity index (χ4v) is 3.71. The second-order valence-electron chi connectivity index (χ2n) is 6.38. The minimum atomic E-state index is -0.411. The minimum absolute atomic E-state index is 0.216. The number of ether oxygens (including phenoxy) is 2. The summed E-state index contributed by atoms with van der Waals surface area (Å²) in [7, 11) is 0. The summed E-state index contributed by atoms with van der Waals surface area (Å²) in [5.41, 5.74) is 0. The van der Waals surface area contributed by atoms with E-state index in [2.05, 4.69) is 31.0 Å². The van der Waals surface area contributed by atoms with Gasteiger partial charge in [-0.05, 0) is 38.0 Å². The quantitative estimate of drug-likeness (QED) is 0.834. The van der Waals surface area contributed by atoms with Crippen LogP contribution in [-0.4, -0.2) is 42.1 Å². The van der Waals surface area contributed by atoms with Gasteiger partial charge in [-0.25, -0.2) is 0 Å². The van der Waals surface area contributed by atoms with Gasteiger partial charge in [0.25, 0.3) is 0 Å². The first-order valence-electron chi connectivity index (χ1n) is 7.39. The Bertz CT molecular complexity index is 355. The van der Waals surface area contributed by atoms with E-state index >= 15 is 0 Å². The van der Waals surface area contributed by atoms with E-state index in [9.17, 15) is 4.79 Å². The van der Waals surface area contributed by atoms with Gasteiger partial charge in [0.05, 0.1) is 6.04 Å². The van der Waals surface area contributed by atoms with Crippen LogP contribution in [0, 0.1) is 11.8 Å². The van der Waals surface area contributed by atoms with Gasteiger partial charge in [-0.2, -0.15) is 0 Å². The molecule has 1 N–H and O–H groups in total. The molecule has 0 aromatic carbocycles. The topological polar surface area (TPSA) is 50.8 Å². The molecule has 1 aliphatic carbocycles. The third-order valence-electron chi connectivity index (χ3n) is 4.90. The maximum absolute atomic E-state index is 12.8. The van der Waals surface area contributed by atoms with E-state index in [1.807, 2.05) is 0 Å². The highest BCUT2D eigenvalue weighted by Gasteiger charge is 2.47. The van der Waals surface area contributed by atoms with Crippen molar-refractivity contribution in [3.05, 3.63) is 0 Å². The molecule has 2 bridgehead atoms. The summed E-state index contributed by atoms with van der Waals surface area (Å²) < 4.78 is 10.4. The van der Waals surface area contributed by atoms with Crippen molar-refractivity contribution < 1.29 is 14.3 Å². The van der Waals surface area contributed by atoms with Crippen molar-refractivity contribution >= 4 is 5.91 Å². The molecular weight excluding hydrogens is 244 g/mol. The molecular formula is C14H24N2O3. The van der Waals surface area contributed by atoms with Crippen LogP contribution in [-0.2, 0) is 14.3 Å². The SMILES string of the molecule is CC(C)[C@H](NC1OCO1)C(=O)N1C(C)[C@@H]2CC[C@H]1C2. The number of carbonyl (C=O) groups is 1. The molecule has 3 rings (SSSR count). The molecule has 3 fully saturated rings. The minimum Gasteiger partial charge on any atom is -0.335 e. The van der Waals surface area contributed by atoms with E-state index in [0.717, 1.165) is 0 Å². The zero-order valence-corrected chi connectivity index (χ0v) is 12.0. The fraction of sp³-hybridized carbons (Fsp3) is 0.929. The third-order valence-corrected chi connectivity index (χ3v) is 4.90. The number of carbonyl (C=O) groups excluding carboxylic acids is 1. The number of likely N-dealkylation sites (tertiary alicyclic amines) is 1. The summed E-state index contributed by atoms with van der Waals surface area (Å²) in [6.07, 6.45) is 3.23. The van der Waals surface area contributed by atoms with Crippen molar-refractivity contribution in [2.24, 2.45) is 11.8 Å². The van der Waals surface area contributed by atoms with Crippen LogP contribution in [0.3, 0.4) is 0 Å². The molecule has 1 saturated carbocycles. The van der Waals surface area contributed by atoms with Crippen LogP contribution < -0.4 is 5.32 Å². The highest BCUT2D eigenvalue weighted by atomic mass is 16.9. The lowest BCUT2D eigenvalue weighted by molar-refractivity contribution is -0.335. The van der Waals surface area contributed by atoms with E-state index < -0.39 is 6.41 Å². The Balaban J connectivity index is 1.69. The lowest BCUT2D eigenvalue weighted by Crippen LogP contribution is -2.59. The number of fused-ring (bicyclic) bond motifs is 2. The molecule has 0 spiro atoms. The van der Waals surface area contributed by atoms with Gasteiger partial charge in [0.15, 0.2) is 6.79 Å². The second-order valence-corrected chi connectivity index (χ2v) is 6.38. The first-order chi connectivity index (χ1) is 9.08. The van der Waals surface area contributed by atoms with E-state index in [1.54, 1.807) is 0 Å². The van der Waals surface area contributed by atoms with Gasteiger partial charge in [0.1, 0.15) is 0 Å². The van der Waals surface area contributed by atoms with E-state index in [1.165, 1.54) is 19.3 Å².